The predicted molar refractivity (Wildman–Crippen MR) is 63.9 cm³/mol. The van der Waals surface area contributed by atoms with E-state index in [-0.39, 0.29) is 35.9 Å². The molecule has 1 aromatic rings. The third-order valence-corrected chi connectivity index (χ3v) is 1.45. The Morgan fingerprint density at radius 1 is 1.40 bits per heavy atom. The summed E-state index contributed by atoms with van der Waals surface area (Å²) in [6.07, 6.45) is -0.217. The zero-order chi connectivity index (χ0) is 14.6. The molecule has 1 aromatic carbocycles. The number of hydrogen-bond acceptors (Lipinski definition) is 1. The van der Waals surface area contributed by atoms with Crippen molar-refractivity contribution in [2.24, 2.45) is 21.5 Å². The van der Waals surface area contributed by atoms with E-state index < -0.39 is 6.50 Å². The molecule has 1 rings (SSSR count). The van der Waals surface area contributed by atoms with Crippen LogP contribution in [0.4, 0.5) is 0 Å². The molecular formula is C11H16N4. The van der Waals surface area contributed by atoms with Gasteiger partial charge in [-0.05, 0) is 18.9 Å². The number of guanidine groups is 1. The molecule has 0 aliphatic carbocycles. The van der Waals surface area contributed by atoms with Crippen LogP contribution < -0.4 is 11.5 Å². The van der Waals surface area contributed by atoms with E-state index in [0.717, 1.165) is 0 Å². The Bertz CT molecular complexity index is 501. The van der Waals surface area contributed by atoms with Crippen molar-refractivity contribution >= 4 is 11.8 Å². The van der Waals surface area contributed by atoms with Crippen molar-refractivity contribution in [3.8, 4) is 0 Å². The molecule has 0 fully saturated rings. The highest BCUT2D eigenvalue weighted by molar-refractivity contribution is 5.93. The van der Waals surface area contributed by atoms with Gasteiger partial charge in [-0.1, -0.05) is 30.3 Å². The number of benzene rings is 1. The number of rotatable bonds is 3. The molecule has 0 saturated heterocycles. The first-order chi connectivity index (χ1) is 8.71. The summed E-state index contributed by atoms with van der Waals surface area (Å²) in [6.45, 7) is -0.533. The molecule has 0 amide bonds. The largest absolute Gasteiger partial charge is 0.387 e. The van der Waals surface area contributed by atoms with E-state index in [0.29, 0.717) is 0 Å². The molecule has 15 heavy (non-hydrogen) atoms. The van der Waals surface area contributed by atoms with Gasteiger partial charge >= 0.3 is 0 Å². The second-order valence-corrected chi connectivity index (χ2v) is 2.85. The van der Waals surface area contributed by atoms with Crippen molar-refractivity contribution < 1.29 is 5.48 Å². The van der Waals surface area contributed by atoms with Crippen LogP contribution in [0.5, 0.6) is 0 Å². The minimum absolute atomic E-state index is 0.101. The number of nitrogens with zero attached hydrogens (tertiary/aromatic N) is 2. The standard InChI is InChI=1S/C11H16N4/c1-9(12)15-11(13)14-8-7-10-5-3-2-4-6-10/h2-6H,7-8H2,1H3,(H4,12,13,14,15)/i5D,6D,8D2. The summed E-state index contributed by atoms with van der Waals surface area (Å²) >= 11 is 0. The lowest BCUT2D eigenvalue weighted by Crippen LogP contribution is -2.16. The second kappa shape index (κ2) is 5.80. The number of nitrogens with two attached hydrogens (primary N) is 2. The van der Waals surface area contributed by atoms with Gasteiger partial charge in [0.05, 0.1) is 11.3 Å². The fourth-order valence-electron chi connectivity index (χ4n) is 0.895. The Labute approximate surface area is 95.3 Å². The highest BCUT2D eigenvalue weighted by Gasteiger charge is 1.91. The Morgan fingerprint density at radius 2 is 2.07 bits per heavy atom. The summed E-state index contributed by atoms with van der Waals surface area (Å²) in [5.74, 6) is -0.0851. The number of aliphatic imine (C=N–C) groups is 2. The van der Waals surface area contributed by atoms with Crippen molar-refractivity contribution in [3.63, 3.8) is 0 Å². The first-order valence-corrected chi connectivity index (χ1v) is 4.42. The summed E-state index contributed by atoms with van der Waals surface area (Å²) in [5.41, 5.74) is 11.0. The maximum Gasteiger partial charge on any atom is 0.216 e. The molecule has 0 saturated carbocycles. The van der Waals surface area contributed by atoms with Gasteiger partial charge in [0.15, 0.2) is 0 Å². The normalized spacial score (nSPS) is 17.7. The molecule has 0 radical (unpaired) electrons. The van der Waals surface area contributed by atoms with Crippen LogP contribution in [-0.2, 0) is 6.42 Å². The van der Waals surface area contributed by atoms with Gasteiger partial charge in [0.2, 0.25) is 5.96 Å². The molecule has 4 heteroatoms. The molecule has 4 nitrogen and oxygen atoms in total. The Balaban J connectivity index is 3.00. The van der Waals surface area contributed by atoms with Crippen molar-refractivity contribution in [3.05, 3.63) is 35.8 Å². The summed E-state index contributed by atoms with van der Waals surface area (Å²) in [4.78, 5) is 7.26. The smallest absolute Gasteiger partial charge is 0.216 e. The Morgan fingerprint density at radius 3 is 2.67 bits per heavy atom. The lowest BCUT2D eigenvalue weighted by Gasteiger charge is -1.97. The average Bonchev–Trinajstić information content (AvgIpc) is 2.21. The molecule has 4 N–H and O–H groups in total. The number of amidine groups is 1. The third-order valence-electron chi connectivity index (χ3n) is 1.45. The topological polar surface area (TPSA) is 76.8 Å². The molecule has 0 spiro atoms. The molecule has 0 unspecified atom stereocenters. The fraction of sp³-hybridized carbons (Fsp3) is 0.273. The van der Waals surface area contributed by atoms with Crippen LogP contribution in [0.15, 0.2) is 40.3 Å². The number of hydrogen-bond donors (Lipinski definition) is 2. The molecule has 0 atom stereocenters. The Kier molecular flexibility index (Phi) is 2.55. The molecular weight excluding hydrogens is 188 g/mol. The van der Waals surface area contributed by atoms with E-state index in [2.05, 4.69) is 9.98 Å². The molecule has 0 heterocycles. The minimum Gasteiger partial charge on any atom is -0.387 e. The van der Waals surface area contributed by atoms with E-state index in [4.69, 9.17) is 17.0 Å². The predicted octanol–water partition coefficient (Wildman–Crippen LogP) is 0.921. The van der Waals surface area contributed by atoms with E-state index >= 15 is 0 Å². The quantitative estimate of drug-likeness (QED) is 0.572. The summed E-state index contributed by atoms with van der Waals surface area (Å²) in [6, 6.07) is 4.77. The van der Waals surface area contributed by atoms with E-state index in [9.17, 15) is 0 Å². The van der Waals surface area contributed by atoms with Crippen LogP contribution in [0.25, 0.3) is 0 Å². The molecule has 0 aliphatic rings. The molecule has 0 bridgehead atoms. The van der Waals surface area contributed by atoms with Crippen molar-refractivity contribution in [1.82, 2.24) is 0 Å². The Hall–Kier alpha value is -1.84. The van der Waals surface area contributed by atoms with Crippen LogP contribution in [0.3, 0.4) is 0 Å². The van der Waals surface area contributed by atoms with Crippen LogP contribution in [-0.4, -0.2) is 18.3 Å². The van der Waals surface area contributed by atoms with Crippen LogP contribution in [0.1, 0.15) is 18.0 Å². The highest BCUT2D eigenvalue weighted by atomic mass is 15.1. The van der Waals surface area contributed by atoms with Crippen LogP contribution >= 0.6 is 0 Å². The summed E-state index contributed by atoms with van der Waals surface area (Å²) in [5, 5.41) is 0. The van der Waals surface area contributed by atoms with Crippen molar-refractivity contribution in [2.75, 3.05) is 6.50 Å². The van der Waals surface area contributed by atoms with Gasteiger partial charge < -0.3 is 11.5 Å². The SMILES string of the molecule is [2H]c1cccc([2H])c1CC([2H])([2H])N=C(N)N=C(C)N. The molecule has 80 valence electrons. The minimum atomic E-state index is -2.05. The molecule has 0 aromatic heterocycles. The van der Waals surface area contributed by atoms with Crippen molar-refractivity contribution in [1.29, 1.82) is 0 Å². The van der Waals surface area contributed by atoms with Crippen molar-refractivity contribution in [2.45, 2.75) is 13.3 Å². The maximum absolute atomic E-state index is 7.75. The summed E-state index contributed by atoms with van der Waals surface area (Å²) < 4.78 is 30.9. The van der Waals surface area contributed by atoms with E-state index in [1.54, 1.807) is 6.07 Å². The van der Waals surface area contributed by atoms with Gasteiger partial charge in [0.25, 0.3) is 0 Å². The summed E-state index contributed by atoms with van der Waals surface area (Å²) in [7, 11) is 0. The maximum atomic E-state index is 7.75. The zero-order valence-corrected chi connectivity index (χ0v) is 8.49. The third kappa shape index (κ3) is 4.81. The molecule has 0 aliphatic heterocycles. The van der Waals surface area contributed by atoms with Gasteiger partial charge in [-0.3, -0.25) is 4.99 Å². The lowest BCUT2D eigenvalue weighted by molar-refractivity contribution is 0.962. The van der Waals surface area contributed by atoms with E-state index in [1.807, 2.05) is 0 Å². The van der Waals surface area contributed by atoms with Crippen LogP contribution in [0.2, 0.25) is 0 Å². The van der Waals surface area contributed by atoms with E-state index in [1.165, 1.54) is 19.1 Å². The lowest BCUT2D eigenvalue weighted by atomic mass is 10.2. The second-order valence-electron chi connectivity index (χ2n) is 2.85. The monoisotopic (exact) mass is 208 g/mol. The van der Waals surface area contributed by atoms with Gasteiger partial charge in [0, 0.05) is 6.50 Å². The van der Waals surface area contributed by atoms with Gasteiger partial charge in [0.1, 0.15) is 0 Å². The van der Waals surface area contributed by atoms with Gasteiger partial charge in [-0.2, -0.15) is 0 Å². The van der Waals surface area contributed by atoms with Crippen LogP contribution in [0, 0.1) is 0 Å². The highest BCUT2D eigenvalue weighted by Crippen LogP contribution is 1.99. The first-order valence-electron chi connectivity index (χ1n) is 6.42. The van der Waals surface area contributed by atoms with Gasteiger partial charge in [-0.15, -0.1) is 0 Å². The fourth-order valence-corrected chi connectivity index (χ4v) is 0.895. The average molecular weight is 208 g/mol. The zero-order valence-electron chi connectivity index (χ0n) is 12.5. The van der Waals surface area contributed by atoms with Gasteiger partial charge in [-0.25, -0.2) is 4.99 Å². The first kappa shape index (κ1) is 6.61.